The van der Waals surface area contributed by atoms with Crippen molar-refractivity contribution in [2.24, 2.45) is 11.7 Å². The summed E-state index contributed by atoms with van der Waals surface area (Å²) < 4.78 is 4.90. The van der Waals surface area contributed by atoms with Crippen molar-refractivity contribution in [2.75, 3.05) is 6.61 Å². The van der Waals surface area contributed by atoms with E-state index in [2.05, 4.69) is 0 Å². The van der Waals surface area contributed by atoms with Gasteiger partial charge in [0.15, 0.2) is 6.29 Å². The Kier molecular flexibility index (Phi) is 4.60. The van der Waals surface area contributed by atoms with E-state index < -0.39 is 6.29 Å². The van der Waals surface area contributed by atoms with Gasteiger partial charge in [-0.1, -0.05) is 13.8 Å². The fourth-order valence-electron chi connectivity index (χ4n) is 0.611. The van der Waals surface area contributed by atoms with Gasteiger partial charge in [0.05, 0.1) is 6.04 Å². The van der Waals surface area contributed by atoms with Crippen molar-refractivity contribution in [1.82, 2.24) is 0 Å². The van der Waals surface area contributed by atoms with Gasteiger partial charge >= 0.3 is 0 Å². The number of hydrogen-bond donors (Lipinski definition) is 2. The highest BCUT2D eigenvalue weighted by atomic mass is 16.6. The molecule has 0 saturated heterocycles. The van der Waals surface area contributed by atoms with Crippen LogP contribution in [0.1, 0.15) is 20.8 Å². The Hall–Kier alpha value is -0.120. The molecule has 2 atom stereocenters. The third kappa shape index (κ3) is 3.15. The van der Waals surface area contributed by atoms with Crippen LogP contribution in [0.25, 0.3) is 0 Å². The van der Waals surface area contributed by atoms with Crippen molar-refractivity contribution in [3.63, 3.8) is 0 Å². The minimum Gasteiger partial charge on any atom is -0.367 e. The molecule has 0 bridgehead atoms. The molecule has 0 rings (SSSR count). The van der Waals surface area contributed by atoms with Crippen molar-refractivity contribution >= 4 is 0 Å². The number of aliphatic hydroxyl groups excluding tert-OH is 1. The van der Waals surface area contributed by atoms with Crippen molar-refractivity contribution in [1.29, 1.82) is 0 Å². The summed E-state index contributed by atoms with van der Waals surface area (Å²) in [5.41, 5.74) is 5.57. The predicted molar refractivity (Wildman–Crippen MR) is 40.4 cm³/mol. The van der Waals surface area contributed by atoms with E-state index in [1.165, 1.54) is 0 Å². The minimum absolute atomic E-state index is 0.251. The van der Waals surface area contributed by atoms with Gasteiger partial charge in [-0.15, -0.1) is 0 Å². The molecule has 62 valence electrons. The van der Waals surface area contributed by atoms with Crippen LogP contribution in [0, 0.1) is 5.92 Å². The predicted octanol–water partition coefficient (Wildman–Crippen LogP) is 0.325. The van der Waals surface area contributed by atoms with Crippen LogP contribution in [-0.2, 0) is 4.74 Å². The van der Waals surface area contributed by atoms with E-state index in [9.17, 15) is 0 Å². The number of hydrogen-bond acceptors (Lipinski definition) is 3. The molecule has 0 aromatic rings. The molecule has 0 radical (unpaired) electrons. The highest BCUT2D eigenvalue weighted by Crippen LogP contribution is 2.03. The Bertz CT molecular complexity index is 85.7. The lowest BCUT2D eigenvalue weighted by Gasteiger charge is -2.21. The van der Waals surface area contributed by atoms with E-state index in [-0.39, 0.29) is 12.0 Å². The molecule has 0 heterocycles. The number of rotatable bonds is 4. The van der Waals surface area contributed by atoms with Gasteiger partial charge in [-0.2, -0.15) is 0 Å². The lowest BCUT2D eigenvalue weighted by Crippen LogP contribution is -2.40. The molecule has 0 aliphatic carbocycles. The SMILES string of the molecule is CCOC(O)C(N)C(C)C. The molecule has 3 heteroatoms. The topological polar surface area (TPSA) is 55.5 Å². The first kappa shape index (κ1) is 9.88. The molecule has 0 aliphatic rings. The Morgan fingerprint density at radius 3 is 2.30 bits per heavy atom. The lowest BCUT2D eigenvalue weighted by atomic mass is 10.1. The maximum absolute atomic E-state index is 9.14. The van der Waals surface area contributed by atoms with E-state index in [1.807, 2.05) is 20.8 Å². The van der Waals surface area contributed by atoms with Crippen LogP contribution in [0.4, 0.5) is 0 Å². The zero-order chi connectivity index (χ0) is 8.15. The summed E-state index contributed by atoms with van der Waals surface area (Å²) >= 11 is 0. The van der Waals surface area contributed by atoms with Gasteiger partial charge in [-0.25, -0.2) is 0 Å². The van der Waals surface area contributed by atoms with Crippen molar-refractivity contribution in [2.45, 2.75) is 33.1 Å². The summed E-state index contributed by atoms with van der Waals surface area (Å²) in [4.78, 5) is 0. The summed E-state index contributed by atoms with van der Waals surface area (Å²) in [6.07, 6.45) is -0.815. The van der Waals surface area contributed by atoms with Crippen molar-refractivity contribution in [3.8, 4) is 0 Å². The third-order valence-electron chi connectivity index (χ3n) is 1.44. The number of aliphatic hydroxyl groups is 1. The zero-order valence-electron chi connectivity index (χ0n) is 6.87. The average molecular weight is 147 g/mol. The molecule has 10 heavy (non-hydrogen) atoms. The summed E-state index contributed by atoms with van der Waals surface area (Å²) in [6.45, 7) is 6.23. The van der Waals surface area contributed by atoms with Gasteiger partial charge in [0.25, 0.3) is 0 Å². The molecule has 0 aromatic carbocycles. The molecule has 0 fully saturated rings. The highest BCUT2D eigenvalue weighted by molar-refractivity contribution is 4.67. The Morgan fingerprint density at radius 2 is 2.00 bits per heavy atom. The molecule has 0 amide bonds. The second kappa shape index (κ2) is 4.66. The third-order valence-corrected chi connectivity index (χ3v) is 1.44. The van der Waals surface area contributed by atoms with E-state index >= 15 is 0 Å². The first-order chi connectivity index (χ1) is 4.59. The molecular weight excluding hydrogens is 130 g/mol. The molecule has 0 saturated carbocycles. The standard InChI is InChI=1S/C7H17NO2/c1-4-10-7(9)6(8)5(2)3/h5-7,9H,4,8H2,1-3H3. The maximum atomic E-state index is 9.14. The largest absolute Gasteiger partial charge is 0.367 e. The van der Waals surface area contributed by atoms with E-state index in [0.29, 0.717) is 6.61 Å². The fourth-order valence-corrected chi connectivity index (χ4v) is 0.611. The van der Waals surface area contributed by atoms with Crippen LogP contribution < -0.4 is 5.73 Å². The summed E-state index contributed by atoms with van der Waals surface area (Å²) in [5, 5.41) is 9.14. The average Bonchev–Trinajstić information content (AvgIpc) is 1.87. The quantitative estimate of drug-likeness (QED) is 0.563. The minimum atomic E-state index is -0.815. The molecule has 3 N–H and O–H groups in total. The normalized spacial score (nSPS) is 17.4. The van der Waals surface area contributed by atoms with Crippen LogP contribution in [0.5, 0.6) is 0 Å². The number of ether oxygens (including phenoxy) is 1. The van der Waals surface area contributed by atoms with Gasteiger partial charge in [-0.3, -0.25) is 0 Å². The summed E-state index contributed by atoms with van der Waals surface area (Å²) in [6, 6.07) is -0.278. The Balaban J connectivity index is 3.58. The van der Waals surface area contributed by atoms with Crippen LogP contribution in [0.2, 0.25) is 0 Å². The van der Waals surface area contributed by atoms with Crippen LogP contribution >= 0.6 is 0 Å². The molecular formula is C7H17NO2. The van der Waals surface area contributed by atoms with E-state index in [4.69, 9.17) is 15.6 Å². The first-order valence-corrected chi connectivity index (χ1v) is 3.64. The second-order valence-corrected chi connectivity index (χ2v) is 2.67. The fraction of sp³-hybridized carbons (Fsp3) is 1.00. The smallest absolute Gasteiger partial charge is 0.169 e. The van der Waals surface area contributed by atoms with E-state index in [0.717, 1.165) is 0 Å². The van der Waals surface area contributed by atoms with Crippen LogP contribution in [0.3, 0.4) is 0 Å². The van der Waals surface area contributed by atoms with Crippen molar-refractivity contribution < 1.29 is 9.84 Å². The molecule has 0 aromatic heterocycles. The first-order valence-electron chi connectivity index (χ1n) is 3.64. The highest BCUT2D eigenvalue weighted by Gasteiger charge is 2.17. The van der Waals surface area contributed by atoms with Gasteiger partial charge < -0.3 is 15.6 Å². The van der Waals surface area contributed by atoms with Gasteiger partial charge in [-0.05, 0) is 12.8 Å². The van der Waals surface area contributed by atoms with Gasteiger partial charge in [0.2, 0.25) is 0 Å². The monoisotopic (exact) mass is 147 g/mol. The molecule has 3 nitrogen and oxygen atoms in total. The second-order valence-electron chi connectivity index (χ2n) is 2.67. The summed E-state index contributed by atoms with van der Waals surface area (Å²) in [5.74, 6) is 0.251. The summed E-state index contributed by atoms with van der Waals surface area (Å²) in [7, 11) is 0. The zero-order valence-corrected chi connectivity index (χ0v) is 6.87. The molecule has 2 unspecified atom stereocenters. The van der Waals surface area contributed by atoms with Gasteiger partial charge in [0, 0.05) is 6.61 Å². The Labute approximate surface area is 62.2 Å². The maximum Gasteiger partial charge on any atom is 0.169 e. The van der Waals surface area contributed by atoms with Crippen LogP contribution in [0.15, 0.2) is 0 Å². The Morgan fingerprint density at radius 1 is 1.50 bits per heavy atom. The number of nitrogens with two attached hydrogens (primary N) is 1. The lowest BCUT2D eigenvalue weighted by molar-refractivity contribution is -0.116. The van der Waals surface area contributed by atoms with Gasteiger partial charge in [0.1, 0.15) is 0 Å². The van der Waals surface area contributed by atoms with Crippen LogP contribution in [-0.4, -0.2) is 24.0 Å². The molecule has 0 spiro atoms. The molecule has 0 aliphatic heterocycles. The van der Waals surface area contributed by atoms with Crippen molar-refractivity contribution in [3.05, 3.63) is 0 Å². The van der Waals surface area contributed by atoms with E-state index in [1.54, 1.807) is 0 Å².